The summed E-state index contributed by atoms with van der Waals surface area (Å²) in [5.41, 5.74) is 1.05. The number of fused-ring (bicyclic) bond motifs is 1. The molecule has 142 valence electrons. The minimum absolute atomic E-state index is 0.0700. The van der Waals surface area contributed by atoms with E-state index in [1.54, 1.807) is 19.1 Å². The predicted octanol–water partition coefficient (Wildman–Crippen LogP) is 4.33. The third-order valence-electron chi connectivity index (χ3n) is 4.10. The van der Waals surface area contributed by atoms with Crippen molar-refractivity contribution in [1.29, 1.82) is 0 Å². The number of carbonyl (C=O) groups excluding carboxylic acids is 1. The van der Waals surface area contributed by atoms with E-state index < -0.39 is 23.3 Å². The van der Waals surface area contributed by atoms with Gasteiger partial charge in [0.15, 0.2) is 23.1 Å². The number of pyridine rings is 1. The van der Waals surface area contributed by atoms with Crippen LogP contribution in [0.5, 0.6) is 5.75 Å². The summed E-state index contributed by atoms with van der Waals surface area (Å²) in [6.07, 6.45) is 1.47. The molecule has 3 heterocycles. The number of aryl methyl sites for hydroxylation is 1. The maximum atomic E-state index is 13.9. The van der Waals surface area contributed by atoms with Crippen LogP contribution in [0.2, 0.25) is 0 Å². The lowest BCUT2D eigenvalue weighted by molar-refractivity contribution is 0.102. The Kier molecular flexibility index (Phi) is 4.26. The standard InChI is InChI=1S/C19H13F2N3O4/c1-9-16-11(8-14(15-4-3-5-27-15)23-19(16)28-24-9)18(25)22-10-6-12(20)17(26-2)13(21)7-10/h3-8H,1-2H3,(H,22,25). The molecule has 0 bridgehead atoms. The number of hydrogen-bond acceptors (Lipinski definition) is 6. The van der Waals surface area contributed by atoms with E-state index in [9.17, 15) is 13.6 Å². The van der Waals surface area contributed by atoms with Gasteiger partial charge in [-0.3, -0.25) is 4.79 Å². The van der Waals surface area contributed by atoms with Crippen molar-refractivity contribution in [2.24, 2.45) is 0 Å². The molecule has 0 radical (unpaired) electrons. The lowest BCUT2D eigenvalue weighted by Crippen LogP contribution is -2.13. The van der Waals surface area contributed by atoms with E-state index in [1.807, 2.05) is 0 Å². The molecule has 1 amide bonds. The number of anilines is 1. The molecular formula is C19H13F2N3O4. The topological polar surface area (TPSA) is 90.4 Å². The van der Waals surface area contributed by atoms with Gasteiger partial charge in [-0.1, -0.05) is 5.16 Å². The highest BCUT2D eigenvalue weighted by atomic mass is 19.1. The number of rotatable bonds is 4. The zero-order valence-corrected chi connectivity index (χ0v) is 14.7. The van der Waals surface area contributed by atoms with Crippen LogP contribution < -0.4 is 10.1 Å². The second-order valence-electron chi connectivity index (χ2n) is 5.91. The molecule has 3 aromatic heterocycles. The summed E-state index contributed by atoms with van der Waals surface area (Å²) in [6, 6.07) is 6.78. The highest BCUT2D eigenvalue weighted by Crippen LogP contribution is 2.29. The number of methoxy groups -OCH3 is 1. The molecule has 4 rings (SSSR count). The average molecular weight is 385 g/mol. The second kappa shape index (κ2) is 6.76. The summed E-state index contributed by atoms with van der Waals surface area (Å²) >= 11 is 0. The lowest BCUT2D eigenvalue weighted by atomic mass is 10.1. The van der Waals surface area contributed by atoms with Gasteiger partial charge in [-0.15, -0.1) is 0 Å². The zero-order valence-electron chi connectivity index (χ0n) is 14.7. The molecule has 7 nitrogen and oxygen atoms in total. The largest absolute Gasteiger partial charge is 0.491 e. The average Bonchev–Trinajstić information content (AvgIpc) is 3.31. The number of nitrogens with zero attached hydrogens (tertiary/aromatic N) is 2. The first-order valence-corrected chi connectivity index (χ1v) is 8.13. The number of furan rings is 1. The van der Waals surface area contributed by atoms with Crippen LogP contribution in [-0.2, 0) is 0 Å². The van der Waals surface area contributed by atoms with Gasteiger partial charge in [0, 0.05) is 17.8 Å². The van der Waals surface area contributed by atoms with E-state index in [2.05, 4.69) is 20.2 Å². The van der Waals surface area contributed by atoms with Crippen molar-refractivity contribution in [3.8, 4) is 17.2 Å². The summed E-state index contributed by atoms with van der Waals surface area (Å²) in [7, 11) is 1.15. The fourth-order valence-corrected chi connectivity index (χ4v) is 2.85. The van der Waals surface area contributed by atoms with Gasteiger partial charge in [-0.2, -0.15) is 0 Å². The number of nitrogens with one attached hydrogen (secondary N) is 1. The molecule has 0 spiro atoms. The Morgan fingerprint density at radius 2 is 1.96 bits per heavy atom. The lowest BCUT2D eigenvalue weighted by Gasteiger charge is -2.10. The van der Waals surface area contributed by atoms with Crippen LogP contribution in [0.4, 0.5) is 14.5 Å². The minimum Gasteiger partial charge on any atom is -0.491 e. The molecule has 9 heteroatoms. The van der Waals surface area contributed by atoms with Crippen molar-refractivity contribution >= 4 is 22.7 Å². The normalized spacial score (nSPS) is 11.0. The molecule has 0 saturated heterocycles. The Hall–Kier alpha value is -3.75. The third kappa shape index (κ3) is 2.96. The molecule has 0 saturated carbocycles. The first-order valence-electron chi connectivity index (χ1n) is 8.13. The van der Waals surface area contributed by atoms with Crippen LogP contribution in [0.25, 0.3) is 22.6 Å². The van der Waals surface area contributed by atoms with Gasteiger partial charge in [0.2, 0.25) is 0 Å². The van der Waals surface area contributed by atoms with Crippen LogP contribution in [0.3, 0.4) is 0 Å². The van der Waals surface area contributed by atoms with E-state index >= 15 is 0 Å². The molecule has 0 unspecified atom stereocenters. The summed E-state index contributed by atoms with van der Waals surface area (Å²) in [4.78, 5) is 17.2. The highest BCUT2D eigenvalue weighted by Gasteiger charge is 2.21. The molecule has 4 aromatic rings. The van der Waals surface area contributed by atoms with Crippen molar-refractivity contribution in [3.05, 3.63) is 59.5 Å². The van der Waals surface area contributed by atoms with Gasteiger partial charge >= 0.3 is 0 Å². The molecule has 0 aliphatic heterocycles. The molecule has 0 atom stereocenters. The first-order chi connectivity index (χ1) is 13.5. The number of benzene rings is 1. The van der Waals surface area contributed by atoms with E-state index in [-0.39, 0.29) is 17.0 Å². The number of aromatic nitrogens is 2. The summed E-state index contributed by atoms with van der Waals surface area (Å²) in [6.45, 7) is 1.66. The molecule has 1 N–H and O–H groups in total. The third-order valence-corrected chi connectivity index (χ3v) is 4.10. The van der Waals surface area contributed by atoms with Crippen molar-refractivity contribution in [2.75, 3.05) is 12.4 Å². The monoisotopic (exact) mass is 385 g/mol. The van der Waals surface area contributed by atoms with Gasteiger partial charge in [-0.25, -0.2) is 13.8 Å². The van der Waals surface area contributed by atoms with Crippen molar-refractivity contribution in [1.82, 2.24) is 10.1 Å². The molecule has 1 aromatic carbocycles. The number of ether oxygens (including phenoxy) is 1. The van der Waals surface area contributed by atoms with Crippen LogP contribution >= 0.6 is 0 Å². The van der Waals surface area contributed by atoms with Crippen molar-refractivity contribution < 1.29 is 27.3 Å². The highest BCUT2D eigenvalue weighted by molar-refractivity contribution is 6.13. The molecule has 0 aliphatic rings. The molecule has 0 fully saturated rings. The smallest absolute Gasteiger partial charge is 0.259 e. The van der Waals surface area contributed by atoms with Crippen LogP contribution in [0, 0.1) is 18.6 Å². The Morgan fingerprint density at radius 3 is 2.61 bits per heavy atom. The fourth-order valence-electron chi connectivity index (χ4n) is 2.85. The summed E-state index contributed by atoms with van der Waals surface area (Å²) in [5.74, 6) is -2.59. The van der Waals surface area contributed by atoms with Crippen molar-refractivity contribution in [2.45, 2.75) is 6.92 Å². The Balaban J connectivity index is 1.78. The van der Waals surface area contributed by atoms with E-state index in [1.165, 1.54) is 12.3 Å². The zero-order chi connectivity index (χ0) is 19.8. The van der Waals surface area contributed by atoms with Gasteiger partial charge in [0.25, 0.3) is 11.6 Å². The number of halogens is 2. The quantitative estimate of drug-likeness (QED) is 0.562. The van der Waals surface area contributed by atoms with E-state index in [0.29, 0.717) is 22.5 Å². The first kappa shape index (κ1) is 17.7. The summed E-state index contributed by atoms with van der Waals surface area (Å²) in [5, 5.41) is 6.70. The van der Waals surface area contributed by atoms with Gasteiger partial charge < -0.3 is 19.0 Å². The Labute approximate surface area is 156 Å². The SMILES string of the molecule is COc1c(F)cc(NC(=O)c2cc(-c3ccco3)nc3onc(C)c23)cc1F. The predicted molar refractivity (Wildman–Crippen MR) is 95.1 cm³/mol. The Morgan fingerprint density at radius 1 is 1.21 bits per heavy atom. The number of carbonyl (C=O) groups is 1. The minimum atomic E-state index is -0.935. The van der Waals surface area contributed by atoms with E-state index in [4.69, 9.17) is 8.94 Å². The maximum absolute atomic E-state index is 13.9. The van der Waals surface area contributed by atoms with Crippen LogP contribution in [-0.4, -0.2) is 23.2 Å². The van der Waals surface area contributed by atoms with Crippen LogP contribution in [0.1, 0.15) is 16.1 Å². The van der Waals surface area contributed by atoms with E-state index in [0.717, 1.165) is 19.2 Å². The summed E-state index contributed by atoms with van der Waals surface area (Å²) < 4.78 is 43.0. The maximum Gasteiger partial charge on any atom is 0.259 e. The van der Waals surface area contributed by atoms with Crippen LogP contribution in [0.15, 0.2) is 45.5 Å². The molecule has 28 heavy (non-hydrogen) atoms. The number of hydrogen-bond donors (Lipinski definition) is 1. The van der Waals surface area contributed by atoms with Gasteiger partial charge in [0.1, 0.15) is 5.69 Å². The molecule has 0 aliphatic carbocycles. The molecular weight excluding hydrogens is 372 g/mol. The van der Waals surface area contributed by atoms with Crippen molar-refractivity contribution in [3.63, 3.8) is 0 Å². The fraction of sp³-hybridized carbons (Fsp3) is 0.105. The Bertz CT molecular complexity index is 1160. The van der Waals surface area contributed by atoms with Gasteiger partial charge in [-0.05, 0) is 25.1 Å². The second-order valence-corrected chi connectivity index (χ2v) is 5.91. The van der Waals surface area contributed by atoms with Gasteiger partial charge in [0.05, 0.1) is 30.0 Å². The number of amides is 1.